The minimum atomic E-state index is -4.22. The van der Waals surface area contributed by atoms with Crippen LogP contribution in [0.2, 0.25) is 10.0 Å². The average molecular weight is 506 g/mol. The Kier molecular flexibility index (Phi) is 6.72. The number of rotatable bonds is 6. The monoisotopic (exact) mass is 505 g/mol. The Hall–Kier alpha value is -1.68. The number of hydrogen-bond acceptors (Lipinski definition) is 5. The molecule has 7 nitrogen and oxygen atoms in total. The van der Waals surface area contributed by atoms with E-state index in [1.807, 2.05) is 26.8 Å². The van der Waals surface area contributed by atoms with E-state index in [0.717, 1.165) is 54.6 Å². The molecule has 0 aliphatic carbocycles. The second-order valence-electron chi connectivity index (χ2n) is 7.79. The van der Waals surface area contributed by atoms with E-state index in [9.17, 15) is 16.8 Å². The second kappa shape index (κ2) is 8.69. The molecule has 0 unspecified atom stereocenters. The molecule has 1 fully saturated rings. The third kappa shape index (κ3) is 5.22. The molecule has 1 aliphatic heterocycles. The minimum absolute atomic E-state index is 0.0690. The molecule has 1 aliphatic rings. The number of halogens is 2. The lowest BCUT2D eigenvalue weighted by atomic mass is 10.0. The van der Waals surface area contributed by atoms with Crippen molar-refractivity contribution in [2.75, 3.05) is 33.7 Å². The molecule has 0 spiro atoms. The largest absolute Gasteiger partial charge is 0.371 e. The van der Waals surface area contributed by atoms with Gasteiger partial charge in [0.1, 0.15) is 4.90 Å². The Labute approximate surface area is 193 Å². The lowest BCUT2D eigenvalue weighted by Gasteiger charge is -2.26. The molecule has 31 heavy (non-hydrogen) atoms. The highest BCUT2D eigenvalue weighted by molar-refractivity contribution is 7.93. The topological polar surface area (TPSA) is 95.6 Å². The van der Waals surface area contributed by atoms with Gasteiger partial charge in [-0.3, -0.25) is 9.44 Å². The van der Waals surface area contributed by atoms with Gasteiger partial charge in [0.25, 0.3) is 10.0 Å². The van der Waals surface area contributed by atoms with Gasteiger partial charge in [-0.05, 0) is 62.4 Å². The maximum Gasteiger partial charge on any atom is 0.264 e. The first-order valence-electron chi connectivity index (χ1n) is 9.65. The van der Waals surface area contributed by atoms with Gasteiger partial charge in [-0.1, -0.05) is 29.3 Å². The van der Waals surface area contributed by atoms with Gasteiger partial charge in [0.2, 0.25) is 10.0 Å². The van der Waals surface area contributed by atoms with Crippen LogP contribution in [-0.2, 0) is 20.0 Å². The van der Waals surface area contributed by atoms with Crippen LogP contribution in [0.5, 0.6) is 0 Å². The second-order valence-corrected chi connectivity index (χ2v) is 12.0. The number of nitrogens with one attached hydrogen (secondary N) is 2. The number of hydrogen-bond donors (Lipinski definition) is 2. The molecule has 3 rings (SSSR count). The van der Waals surface area contributed by atoms with Crippen molar-refractivity contribution in [3.63, 3.8) is 0 Å². The zero-order valence-corrected chi connectivity index (χ0v) is 20.9. The van der Waals surface area contributed by atoms with Crippen LogP contribution in [0.1, 0.15) is 29.5 Å². The minimum Gasteiger partial charge on any atom is -0.371 e. The first-order valence-corrected chi connectivity index (χ1v) is 13.8. The summed E-state index contributed by atoms with van der Waals surface area (Å²) < 4.78 is 55.1. The van der Waals surface area contributed by atoms with Crippen LogP contribution < -0.4 is 14.3 Å². The van der Waals surface area contributed by atoms with Crippen LogP contribution >= 0.6 is 23.2 Å². The van der Waals surface area contributed by atoms with Crippen molar-refractivity contribution < 1.29 is 16.8 Å². The first-order chi connectivity index (χ1) is 14.3. The van der Waals surface area contributed by atoms with E-state index in [2.05, 4.69) is 14.3 Å². The highest BCUT2D eigenvalue weighted by Gasteiger charge is 2.27. The van der Waals surface area contributed by atoms with Crippen LogP contribution in [0, 0.1) is 20.8 Å². The van der Waals surface area contributed by atoms with Gasteiger partial charge in [-0.2, -0.15) is 0 Å². The van der Waals surface area contributed by atoms with Crippen molar-refractivity contribution in [2.45, 2.75) is 38.5 Å². The maximum absolute atomic E-state index is 13.4. The first kappa shape index (κ1) is 24.0. The average Bonchev–Trinajstić information content (AvgIpc) is 3.13. The molecule has 2 N–H and O–H groups in total. The summed E-state index contributed by atoms with van der Waals surface area (Å²) >= 11 is 12.2. The summed E-state index contributed by atoms with van der Waals surface area (Å²) in [7, 11) is -8.01. The highest BCUT2D eigenvalue weighted by atomic mass is 35.5. The fourth-order valence-corrected chi connectivity index (χ4v) is 6.77. The predicted octanol–water partition coefficient (Wildman–Crippen LogP) is 4.69. The van der Waals surface area contributed by atoms with Crippen molar-refractivity contribution in [2.24, 2.45) is 0 Å². The molecular formula is C20H25Cl2N3O4S2. The van der Waals surface area contributed by atoms with Crippen molar-refractivity contribution in [1.82, 2.24) is 0 Å². The Balaban J connectivity index is 2.13. The zero-order valence-electron chi connectivity index (χ0n) is 17.7. The van der Waals surface area contributed by atoms with Crippen molar-refractivity contribution in [1.29, 1.82) is 0 Å². The molecule has 2 aromatic carbocycles. The number of sulfonamides is 2. The summed E-state index contributed by atoms with van der Waals surface area (Å²) in [6.07, 6.45) is 3.10. The quantitative estimate of drug-likeness (QED) is 0.593. The highest BCUT2D eigenvalue weighted by Crippen LogP contribution is 2.39. The van der Waals surface area contributed by atoms with E-state index in [0.29, 0.717) is 5.69 Å². The normalized spacial score (nSPS) is 14.7. The maximum atomic E-state index is 13.4. The summed E-state index contributed by atoms with van der Waals surface area (Å²) in [5.41, 5.74) is 3.86. The Morgan fingerprint density at radius 2 is 1.48 bits per heavy atom. The molecule has 0 amide bonds. The van der Waals surface area contributed by atoms with Crippen LogP contribution in [0.3, 0.4) is 0 Å². The number of anilines is 3. The SMILES string of the molecule is Cc1cc(C)c(N2CCCC2)c(C)c1NS(=O)(=O)c1cc(Cl)cc(Cl)c1NS(C)(=O)=O. The van der Waals surface area contributed by atoms with Gasteiger partial charge in [-0.15, -0.1) is 0 Å². The van der Waals surface area contributed by atoms with Crippen LogP contribution in [-0.4, -0.2) is 36.2 Å². The summed E-state index contributed by atoms with van der Waals surface area (Å²) in [6.45, 7) is 7.56. The number of benzene rings is 2. The standard InChI is InChI=1S/C20H25Cl2N3O4S2/c1-12-9-13(2)20(25-7-5-6-8-25)14(3)18(12)24-31(28,29)17-11-15(21)10-16(22)19(17)23-30(4,26)27/h9-11,23-24H,5-8H2,1-4H3. The van der Waals surface area contributed by atoms with Gasteiger partial charge in [0.05, 0.1) is 22.7 Å². The van der Waals surface area contributed by atoms with Crippen LogP contribution in [0.4, 0.5) is 17.1 Å². The molecule has 0 atom stereocenters. The summed E-state index contributed by atoms with van der Waals surface area (Å²) in [4.78, 5) is 1.91. The molecule has 0 radical (unpaired) electrons. The Bertz CT molecular complexity index is 1240. The van der Waals surface area contributed by atoms with Crippen LogP contribution in [0.15, 0.2) is 23.1 Å². The third-order valence-corrected chi connectivity index (χ3v) is 7.65. The van der Waals surface area contributed by atoms with E-state index >= 15 is 0 Å². The van der Waals surface area contributed by atoms with Gasteiger partial charge in [0, 0.05) is 23.8 Å². The van der Waals surface area contributed by atoms with Crippen molar-refractivity contribution in [3.05, 3.63) is 44.9 Å². The number of nitrogens with zero attached hydrogens (tertiary/aromatic N) is 1. The molecule has 2 aromatic rings. The molecule has 1 heterocycles. The molecule has 0 aromatic heterocycles. The van der Waals surface area contributed by atoms with Crippen molar-refractivity contribution >= 4 is 60.3 Å². The fraction of sp³-hybridized carbons (Fsp3) is 0.400. The number of aryl methyl sites for hydroxylation is 2. The van der Waals surface area contributed by atoms with Gasteiger partial charge < -0.3 is 4.90 Å². The van der Waals surface area contributed by atoms with E-state index < -0.39 is 20.0 Å². The van der Waals surface area contributed by atoms with E-state index in [-0.39, 0.29) is 20.6 Å². The molecule has 11 heteroatoms. The molecule has 1 saturated heterocycles. The summed E-state index contributed by atoms with van der Waals surface area (Å²) in [5, 5.41) is -0.0482. The Morgan fingerprint density at radius 3 is 2.06 bits per heavy atom. The molecular weight excluding hydrogens is 481 g/mol. The predicted molar refractivity (Wildman–Crippen MR) is 128 cm³/mol. The van der Waals surface area contributed by atoms with Crippen molar-refractivity contribution in [3.8, 4) is 0 Å². The lowest BCUT2D eigenvalue weighted by molar-refractivity contribution is 0.601. The lowest BCUT2D eigenvalue weighted by Crippen LogP contribution is -2.22. The van der Waals surface area contributed by atoms with Gasteiger partial charge >= 0.3 is 0 Å². The Morgan fingerprint density at radius 1 is 0.871 bits per heavy atom. The molecule has 0 bridgehead atoms. The smallest absolute Gasteiger partial charge is 0.264 e. The van der Waals surface area contributed by atoms with E-state index in [1.165, 1.54) is 12.1 Å². The molecule has 0 saturated carbocycles. The summed E-state index contributed by atoms with van der Waals surface area (Å²) in [5.74, 6) is 0. The van der Waals surface area contributed by atoms with E-state index in [1.54, 1.807) is 0 Å². The third-order valence-electron chi connectivity index (χ3n) is 5.19. The fourth-order valence-electron chi connectivity index (χ4n) is 4.00. The van der Waals surface area contributed by atoms with Gasteiger partial charge in [0.15, 0.2) is 0 Å². The van der Waals surface area contributed by atoms with E-state index in [4.69, 9.17) is 23.2 Å². The summed E-state index contributed by atoms with van der Waals surface area (Å²) in [6, 6.07) is 4.39. The van der Waals surface area contributed by atoms with Crippen LogP contribution in [0.25, 0.3) is 0 Å². The molecule has 170 valence electrons. The van der Waals surface area contributed by atoms with Gasteiger partial charge in [-0.25, -0.2) is 16.8 Å². The zero-order chi connectivity index (χ0) is 23.1.